The van der Waals surface area contributed by atoms with Gasteiger partial charge in [-0.2, -0.15) is 0 Å². The molecule has 4 atom stereocenters. The standard InChI is InChI=1S/C22H22FNO7S/c1-12(25)28-19-11-32-22(21(30-14(3)27)20(19)29-13(2)26)31-18-9-15(6-7-17(18)23)16-5-4-8-24-10-16/h4-10,19-22H,11H2,1-3H3/t19-,20+,21-,22+/m1/s1. The molecule has 8 nitrogen and oxygen atoms in total. The third-order valence-corrected chi connectivity index (χ3v) is 5.69. The van der Waals surface area contributed by atoms with Gasteiger partial charge in [0, 0.05) is 44.5 Å². The Hall–Kier alpha value is -3.14. The van der Waals surface area contributed by atoms with Crippen LogP contribution in [0.1, 0.15) is 20.8 Å². The molecule has 3 rings (SSSR count). The highest BCUT2D eigenvalue weighted by Crippen LogP contribution is 2.36. The molecule has 0 aliphatic carbocycles. The molecule has 0 saturated carbocycles. The van der Waals surface area contributed by atoms with E-state index in [9.17, 15) is 18.8 Å². The second-order valence-corrected chi connectivity index (χ2v) is 8.13. The Morgan fingerprint density at radius 3 is 2.28 bits per heavy atom. The van der Waals surface area contributed by atoms with Crippen LogP contribution >= 0.6 is 11.8 Å². The van der Waals surface area contributed by atoms with Crippen molar-refractivity contribution in [3.05, 3.63) is 48.5 Å². The largest absolute Gasteiger partial charge is 0.473 e. The van der Waals surface area contributed by atoms with E-state index >= 15 is 0 Å². The van der Waals surface area contributed by atoms with Gasteiger partial charge in [-0.1, -0.05) is 12.1 Å². The van der Waals surface area contributed by atoms with Crippen LogP contribution in [0.3, 0.4) is 0 Å². The van der Waals surface area contributed by atoms with Crippen LogP contribution in [0.4, 0.5) is 4.39 Å². The monoisotopic (exact) mass is 463 g/mol. The number of ether oxygens (including phenoxy) is 4. The maximum absolute atomic E-state index is 14.6. The van der Waals surface area contributed by atoms with Crippen LogP contribution in [0.15, 0.2) is 42.7 Å². The van der Waals surface area contributed by atoms with Gasteiger partial charge in [-0.3, -0.25) is 19.4 Å². The maximum Gasteiger partial charge on any atom is 0.303 e. The zero-order valence-corrected chi connectivity index (χ0v) is 18.5. The number of thioether (sulfide) groups is 1. The van der Waals surface area contributed by atoms with Crippen molar-refractivity contribution in [1.82, 2.24) is 4.98 Å². The molecule has 1 aliphatic heterocycles. The Morgan fingerprint density at radius 1 is 0.969 bits per heavy atom. The fourth-order valence-corrected chi connectivity index (χ4v) is 4.45. The molecule has 0 spiro atoms. The van der Waals surface area contributed by atoms with Gasteiger partial charge >= 0.3 is 17.9 Å². The Balaban J connectivity index is 1.91. The molecule has 1 aliphatic rings. The highest BCUT2D eigenvalue weighted by atomic mass is 32.2. The summed E-state index contributed by atoms with van der Waals surface area (Å²) in [6, 6.07) is 7.94. The van der Waals surface area contributed by atoms with Gasteiger partial charge in [0.25, 0.3) is 0 Å². The minimum atomic E-state index is -1.14. The molecular weight excluding hydrogens is 441 g/mol. The molecule has 0 radical (unpaired) electrons. The summed E-state index contributed by atoms with van der Waals surface area (Å²) in [6.07, 6.45) is 0.143. The van der Waals surface area contributed by atoms with Crippen molar-refractivity contribution in [3.63, 3.8) is 0 Å². The van der Waals surface area contributed by atoms with E-state index in [4.69, 9.17) is 18.9 Å². The van der Waals surface area contributed by atoms with Crippen LogP contribution in [0.2, 0.25) is 0 Å². The molecule has 0 bridgehead atoms. The summed E-state index contributed by atoms with van der Waals surface area (Å²) in [4.78, 5) is 39.0. The summed E-state index contributed by atoms with van der Waals surface area (Å²) in [5.74, 6) is -2.40. The van der Waals surface area contributed by atoms with Crippen molar-refractivity contribution in [2.24, 2.45) is 0 Å². The molecule has 1 aromatic carbocycles. The van der Waals surface area contributed by atoms with E-state index in [1.807, 2.05) is 6.07 Å². The van der Waals surface area contributed by atoms with Gasteiger partial charge in [0.2, 0.25) is 0 Å². The van der Waals surface area contributed by atoms with E-state index in [0.29, 0.717) is 5.56 Å². The predicted octanol–water partition coefficient (Wildman–Crippen LogP) is 3.13. The van der Waals surface area contributed by atoms with E-state index in [0.717, 1.165) is 17.3 Å². The number of carbonyl (C=O) groups excluding carboxylic acids is 3. The Kier molecular flexibility index (Phi) is 7.68. The maximum atomic E-state index is 14.6. The lowest BCUT2D eigenvalue weighted by atomic mass is 10.1. The fraction of sp³-hybridized carbons (Fsp3) is 0.364. The van der Waals surface area contributed by atoms with Gasteiger partial charge in [0.05, 0.1) is 0 Å². The van der Waals surface area contributed by atoms with Crippen LogP contribution in [-0.2, 0) is 28.6 Å². The summed E-state index contributed by atoms with van der Waals surface area (Å²) in [5, 5.41) is 0. The molecule has 1 fully saturated rings. The topological polar surface area (TPSA) is 101 Å². The van der Waals surface area contributed by atoms with Gasteiger partial charge in [0.15, 0.2) is 35.3 Å². The smallest absolute Gasteiger partial charge is 0.303 e. The quantitative estimate of drug-likeness (QED) is 0.472. The minimum absolute atomic E-state index is 0.0754. The van der Waals surface area contributed by atoms with Gasteiger partial charge < -0.3 is 18.9 Å². The van der Waals surface area contributed by atoms with E-state index in [1.165, 1.54) is 32.9 Å². The average molecular weight is 463 g/mol. The number of benzene rings is 1. The molecule has 170 valence electrons. The zero-order chi connectivity index (χ0) is 23.3. The third-order valence-electron chi connectivity index (χ3n) is 4.47. The minimum Gasteiger partial charge on any atom is -0.473 e. The first-order chi connectivity index (χ1) is 15.2. The van der Waals surface area contributed by atoms with Crippen molar-refractivity contribution >= 4 is 29.7 Å². The SMILES string of the molecule is CC(=O)O[C@@H]1[C@@H](OC(C)=O)[C@@H](Oc2cc(-c3cccnc3)ccc2F)SC[C@H]1OC(C)=O. The molecule has 1 saturated heterocycles. The lowest BCUT2D eigenvalue weighted by Crippen LogP contribution is -2.55. The van der Waals surface area contributed by atoms with E-state index in [1.54, 1.807) is 24.5 Å². The average Bonchev–Trinajstić information content (AvgIpc) is 2.73. The molecular formula is C22H22FNO7S. The number of rotatable bonds is 6. The van der Waals surface area contributed by atoms with E-state index in [-0.39, 0.29) is 11.5 Å². The second-order valence-electron chi connectivity index (χ2n) is 7.00. The van der Waals surface area contributed by atoms with Crippen LogP contribution in [-0.4, -0.2) is 52.4 Å². The van der Waals surface area contributed by atoms with Crippen LogP contribution in [0.5, 0.6) is 5.75 Å². The molecule has 0 N–H and O–H groups in total. The Bertz CT molecular complexity index is 987. The summed E-state index contributed by atoms with van der Waals surface area (Å²) in [6.45, 7) is 3.59. The van der Waals surface area contributed by atoms with E-state index in [2.05, 4.69) is 4.98 Å². The van der Waals surface area contributed by atoms with Gasteiger partial charge in [-0.15, -0.1) is 11.8 Å². The van der Waals surface area contributed by atoms with Crippen LogP contribution in [0.25, 0.3) is 11.1 Å². The molecule has 1 aromatic heterocycles. The van der Waals surface area contributed by atoms with Crippen molar-refractivity contribution in [1.29, 1.82) is 0 Å². The number of carbonyl (C=O) groups is 3. The van der Waals surface area contributed by atoms with Gasteiger partial charge in [-0.05, 0) is 23.8 Å². The van der Waals surface area contributed by atoms with Gasteiger partial charge in [0.1, 0.15) is 0 Å². The highest BCUT2D eigenvalue weighted by molar-refractivity contribution is 7.99. The Morgan fingerprint density at radius 2 is 1.66 bits per heavy atom. The lowest BCUT2D eigenvalue weighted by molar-refractivity contribution is -0.186. The second kappa shape index (κ2) is 10.4. The third kappa shape index (κ3) is 5.97. The Labute approximate surface area is 188 Å². The number of nitrogens with zero attached hydrogens (tertiary/aromatic N) is 1. The van der Waals surface area contributed by atoms with Crippen LogP contribution in [0, 0.1) is 5.82 Å². The number of hydrogen-bond donors (Lipinski definition) is 0. The molecule has 2 heterocycles. The summed E-state index contributed by atoms with van der Waals surface area (Å²) < 4.78 is 36.4. The summed E-state index contributed by atoms with van der Waals surface area (Å²) >= 11 is 1.15. The molecule has 0 amide bonds. The first kappa shape index (κ1) is 23.5. The van der Waals surface area contributed by atoms with Gasteiger partial charge in [-0.25, -0.2) is 4.39 Å². The zero-order valence-electron chi connectivity index (χ0n) is 17.6. The van der Waals surface area contributed by atoms with Crippen LogP contribution < -0.4 is 4.74 Å². The molecule has 32 heavy (non-hydrogen) atoms. The van der Waals surface area contributed by atoms with Crippen molar-refractivity contribution in [2.45, 2.75) is 44.5 Å². The molecule has 2 aromatic rings. The summed E-state index contributed by atoms with van der Waals surface area (Å²) in [5.41, 5.74) is 0.514. The highest BCUT2D eigenvalue weighted by Gasteiger charge is 2.47. The van der Waals surface area contributed by atoms with Crippen molar-refractivity contribution in [2.75, 3.05) is 5.75 Å². The predicted molar refractivity (Wildman–Crippen MR) is 113 cm³/mol. The number of esters is 3. The number of hydrogen-bond acceptors (Lipinski definition) is 9. The molecule has 10 heteroatoms. The van der Waals surface area contributed by atoms with E-state index < -0.39 is 47.5 Å². The number of halogens is 1. The fourth-order valence-electron chi connectivity index (χ4n) is 3.24. The number of pyridine rings is 1. The lowest BCUT2D eigenvalue weighted by Gasteiger charge is -2.39. The van der Waals surface area contributed by atoms with Crippen molar-refractivity contribution in [3.8, 4) is 16.9 Å². The number of aromatic nitrogens is 1. The molecule has 0 unspecified atom stereocenters. The summed E-state index contributed by atoms with van der Waals surface area (Å²) in [7, 11) is 0. The van der Waals surface area contributed by atoms with Crippen molar-refractivity contribution < 1.29 is 37.7 Å². The first-order valence-corrected chi connectivity index (χ1v) is 10.8. The first-order valence-electron chi connectivity index (χ1n) is 9.74. The normalized spacial score (nSPS) is 22.5.